The SMILES string of the molecule is C=C1[C@H](O)CC(=C/C=C2\CCC[C@]3(C)[C@@H](C(C)CCN4C[C@@H](C)OC[C@@H]4C)CC[C@@H]23)C[C@H]1O. The van der Waals surface area contributed by atoms with Gasteiger partial charge in [0.25, 0.3) is 0 Å². The Morgan fingerprint density at radius 1 is 1.18 bits per heavy atom. The quantitative estimate of drug-likeness (QED) is 0.553. The summed E-state index contributed by atoms with van der Waals surface area (Å²) in [6.07, 6.45) is 12.7. The van der Waals surface area contributed by atoms with Crippen LogP contribution in [0, 0.1) is 23.2 Å². The maximum Gasteiger partial charge on any atom is 0.0809 e. The number of fused-ring (bicyclic) bond motifs is 1. The number of aliphatic hydroxyl groups is 2. The molecule has 0 radical (unpaired) electrons. The molecule has 4 aliphatic rings. The summed E-state index contributed by atoms with van der Waals surface area (Å²) in [6, 6.07) is 0.534. The van der Waals surface area contributed by atoms with Crippen LogP contribution in [0.5, 0.6) is 0 Å². The zero-order valence-corrected chi connectivity index (χ0v) is 21.4. The van der Waals surface area contributed by atoms with Crippen LogP contribution < -0.4 is 0 Å². The van der Waals surface area contributed by atoms with Crippen molar-refractivity contribution in [1.29, 1.82) is 0 Å². The number of aliphatic hydroxyl groups excluding tert-OH is 2. The van der Waals surface area contributed by atoms with Gasteiger partial charge in [-0.25, -0.2) is 0 Å². The fourth-order valence-electron chi connectivity index (χ4n) is 7.49. The molecule has 1 aliphatic heterocycles. The van der Waals surface area contributed by atoms with Gasteiger partial charge in [0.1, 0.15) is 0 Å². The Hall–Kier alpha value is -0.940. The molecule has 0 bridgehead atoms. The van der Waals surface area contributed by atoms with E-state index < -0.39 is 12.2 Å². The summed E-state index contributed by atoms with van der Waals surface area (Å²) in [5.41, 5.74) is 3.73. The Morgan fingerprint density at radius 3 is 2.64 bits per heavy atom. The van der Waals surface area contributed by atoms with Crippen LogP contribution in [0.3, 0.4) is 0 Å². The molecule has 33 heavy (non-hydrogen) atoms. The lowest BCUT2D eigenvalue weighted by Crippen LogP contribution is -2.48. The van der Waals surface area contributed by atoms with E-state index in [9.17, 15) is 10.2 Å². The lowest BCUT2D eigenvalue weighted by Gasteiger charge is -2.45. The summed E-state index contributed by atoms with van der Waals surface area (Å²) in [7, 11) is 0. The topological polar surface area (TPSA) is 52.9 Å². The summed E-state index contributed by atoms with van der Waals surface area (Å²) in [5, 5.41) is 20.4. The van der Waals surface area contributed by atoms with Crippen LogP contribution in [0.4, 0.5) is 0 Å². The van der Waals surface area contributed by atoms with E-state index in [2.05, 4.69) is 51.3 Å². The third-order valence-corrected chi connectivity index (χ3v) is 9.63. The van der Waals surface area contributed by atoms with E-state index >= 15 is 0 Å². The maximum absolute atomic E-state index is 10.2. The highest BCUT2D eigenvalue weighted by Gasteiger charge is 2.50. The fraction of sp³-hybridized carbons (Fsp3) is 0.793. The Labute approximate surface area is 201 Å². The molecule has 0 aromatic heterocycles. The van der Waals surface area contributed by atoms with Crippen molar-refractivity contribution in [2.75, 3.05) is 19.7 Å². The highest BCUT2D eigenvalue weighted by Crippen LogP contribution is 2.59. The lowest BCUT2D eigenvalue weighted by molar-refractivity contribution is -0.0521. The van der Waals surface area contributed by atoms with Crippen molar-refractivity contribution >= 4 is 0 Å². The molecule has 1 heterocycles. The molecule has 0 aromatic rings. The minimum atomic E-state index is -0.607. The fourth-order valence-corrected chi connectivity index (χ4v) is 7.49. The molecular weight excluding hydrogens is 410 g/mol. The first-order chi connectivity index (χ1) is 15.7. The summed E-state index contributed by atoms with van der Waals surface area (Å²) in [4.78, 5) is 2.64. The highest BCUT2D eigenvalue weighted by atomic mass is 16.5. The molecule has 1 unspecified atom stereocenters. The van der Waals surface area contributed by atoms with Gasteiger partial charge in [-0.1, -0.05) is 43.7 Å². The summed E-state index contributed by atoms with van der Waals surface area (Å²) in [5.74, 6) is 2.23. The molecule has 0 amide bonds. The molecule has 2 N–H and O–H groups in total. The Morgan fingerprint density at radius 2 is 1.91 bits per heavy atom. The Kier molecular flexibility index (Phi) is 7.90. The molecular formula is C29H47NO3. The first-order valence-electron chi connectivity index (χ1n) is 13.5. The van der Waals surface area contributed by atoms with E-state index in [1.165, 1.54) is 45.1 Å². The van der Waals surface area contributed by atoms with Crippen LogP contribution in [0.1, 0.15) is 79.1 Å². The number of morpholine rings is 1. The summed E-state index contributed by atoms with van der Waals surface area (Å²) >= 11 is 0. The first-order valence-corrected chi connectivity index (χ1v) is 13.5. The third kappa shape index (κ3) is 5.34. The van der Waals surface area contributed by atoms with Crippen LogP contribution in [0.2, 0.25) is 0 Å². The summed E-state index contributed by atoms with van der Waals surface area (Å²) in [6.45, 7) is 16.5. The molecule has 4 fully saturated rings. The van der Waals surface area contributed by atoms with Gasteiger partial charge < -0.3 is 14.9 Å². The van der Waals surface area contributed by atoms with Gasteiger partial charge >= 0.3 is 0 Å². The standard InChI is InChI=1S/C29H47NO3/c1-19(12-14-30-17-21(3)33-18-20(30)2)25-10-11-26-24(7-6-13-29(25,26)5)9-8-23-15-27(31)22(4)28(32)16-23/h8-9,19-21,25-28,31-32H,4,6-7,10-18H2,1-3,5H3/b24-9+/t19?,20-,21+,25+,26-,27+,28+,29+/m0/s1. The second-order valence-corrected chi connectivity index (χ2v) is 11.9. The van der Waals surface area contributed by atoms with Crippen molar-refractivity contribution < 1.29 is 14.9 Å². The van der Waals surface area contributed by atoms with E-state index in [1.54, 1.807) is 5.57 Å². The predicted molar refractivity (Wildman–Crippen MR) is 135 cm³/mol. The van der Waals surface area contributed by atoms with Crippen molar-refractivity contribution in [3.05, 3.63) is 35.5 Å². The van der Waals surface area contributed by atoms with Crippen molar-refractivity contribution in [3.63, 3.8) is 0 Å². The minimum absolute atomic E-state index is 0.356. The number of hydrogen-bond acceptors (Lipinski definition) is 4. The number of ether oxygens (including phenoxy) is 1. The van der Waals surface area contributed by atoms with Gasteiger partial charge in [0.2, 0.25) is 0 Å². The van der Waals surface area contributed by atoms with Crippen LogP contribution in [-0.4, -0.2) is 59.2 Å². The molecule has 4 rings (SSSR count). The van der Waals surface area contributed by atoms with Gasteiger partial charge in [0.15, 0.2) is 0 Å². The number of hydrogen-bond donors (Lipinski definition) is 2. The smallest absolute Gasteiger partial charge is 0.0809 e. The van der Waals surface area contributed by atoms with Gasteiger partial charge in [0.05, 0.1) is 24.9 Å². The van der Waals surface area contributed by atoms with Crippen LogP contribution in [0.25, 0.3) is 0 Å². The number of rotatable bonds is 5. The molecule has 0 spiro atoms. The van der Waals surface area contributed by atoms with Gasteiger partial charge in [0, 0.05) is 12.6 Å². The van der Waals surface area contributed by atoms with Crippen molar-refractivity contribution in [2.45, 2.75) is 103 Å². The number of nitrogens with zero attached hydrogens (tertiary/aromatic N) is 1. The van der Waals surface area contributed by atoms with E-state index in [1.807, 2.05) is 0 Å². The Balaban J connectivity index is 1.40. The molecule has 186 valence electrons. The Bertz CT molecular complexity index is 757. The molecule has 8 atom stereocenters. The van der Waals surface area contributed by atoms with Crippen LogP contribution in [-0.2, 0) is 4.74 Å². The number of allylic oxidation sites excluding steroid dienone is 3. The highest BCUT2D eigenvalue weighted by molar-refractivity contribution is 5.29. The predicted octanol–water partition coefficient (Wildman–Crippen LogP) is 5.26. The van der Waals surface area contributed by atoms with Gasteiger partial charge in [-0.2, -0.15) is 0 Å². The maximum atomic E-state index is 10.2. The van der Waals surface area contributed by atoms with E-state index in [4.69, 9.17) is 4.74 Å². The van der Waals surface area contributed by atoms with Gasteiger partial charge in [-0.3, -0.25) is 4.90 Å². The normalized spacial score (nSPS) is 42.4. The molecule has 3 aliphatic carbocycles. The van der Waals surface area contributed by atoms with E-state index in [0.29, 0.717) is 41.9 Å². The van der Waals surface area contributed by atoms with E-state index in [0.717, 1.165) is 30.6 Å². The molecule has 4 heteroatoms. The van der Waals surface area contributed by atoms with E-state index in [-0.39, 0.29) is 0 Å². The monoisotopic (exact) mass is 457 g/mol. The average Bonchev–Trinajstić information content (AvgIpc) is 3.14. The van der Waals surface area contributed by atoms with Gasteiger partial charge in [-0.05, 0) is 101 Å². The average molecular weight is 458 g/mol. The second-order valence-electron chi connectivity index (χ2n) is 11.9. The third-order valence-electron chi connectivity index (χ3n) is 9.63. The summed E-state index contributed by atoms with van der Waals surface area (Å²) < 4.78 is 5.82. The minimum Gasteiger partial charge on any atom is -0.388 e. The van der Waals surface area contributed by atoms with Crippen LogP contribution >= 0.6 is 0 Å². The zero-order chi connectivity index (χ0) is 23.8. The molecule has 3 saturated carbocycles. The second kappa shape index (κ2) is 10.4. The van der Waals surface area contributed by atoms with Crippen molar-refractivity contribution in [3.8, 4) is 0 Å². The largest absolute Gasteiger partial charge is 0.388 e. The zero-order valence-electron chi connectivity index (χ0n) is 21.4. The molecule has 4 nitrogen and oxygen atoms in total. The van der Waals surface area contributed by atoms with Crippen LogP contribution in [0.15, 0.2) is 35.5 Å². The van der Waals surface area contributed by atoms with Gasteiger partial charge in [-0.15, -0.1) is 0 Å². The van der Waals surface area contributed by atoms with Crippen molar-refractivity contribution in [1.82, 2.24) is 4.90 Å². The van der Waals surface area contributed by atoms with Crippen molar-refractivity contribution in [2.24, 2.45) is 23.2 Å². The molecule has 0 aromatic carbocycles. The lowest BCUT2D eigenvalue weighted by atomic mass is 9.61. The molecule has 1 saturated heterocycles. The first kappa shape index (κ1) is 25.2.